The van der Waals surface area contributed by atoms with Crippen molar-refractivity contribution in [2.24, 2.45) is 0 Å². The Kier molecular flexibility index (Phi) is 4.93. The summed E-state index contributed by atoms with van der Waals surface area (Å²) in [6, 6.07) is 17.9. The first-order chi connectivity index (χ1) is 13.6. The number of hydrogen-bond donors (Lipinski definition) is 0. The van der Waals surface area contributed by atoms with Gasteiger partial charge in [0.25, 0.3) is 5.89 Å². The maximum Gasteiger partial charge on any atom is 0.308 e. The van der Waals surface area contributed by atoms with Crippen LogP contribution in [0.1, 0.15) is 30.9 Å². The van der Waals surface area contributed by atoms with Gasteiger partial charge in [-0.05, 0) is 43.5 Å². The molecule has 0 radical (unpaired) electrons. The lowest BCUT2D eigenvalue weighted by atomic mass is 10.1. The zero-order chi connectivity index (χ0) is 19.5. The molecule has 0 N–H and O–H groups in total. The topological polar surface area (TPSA) is 70.2 Å². The van der Waals surface area contributed by atoms with Crippen LogP contribution in [0.25, 0.3) is 22.4 Å². The van der Waals surface area contributed by atoms with Gasteiger partial charge in [0.1, 0.15) is 0 Å². The minimum absolute atomic E-state index is 0.266. The average Bonchev–Trinajstić information content (AvgIpc) is 3.34. The molecule has 0 aliphatic heterocycles. The number of aromatic nitrogens is 3. The van der Waals surface area contributed by atoms with Gasteiger partial charge in [0, 0.05) is 23.8 Å². The minimum atomic E-state index is -0.597. The third-order valence-corrected chi connectivity index (χ3v) is 4.63. The van der Waals surface area contributed by atoms with Crippen molar-refractivity contribution in [1.29, 1.82) is 0 Å². The highest BCUT2D eigenvalue weighted by Gasteiger charge is 2.19. The molecule has 0 saturated heterocycles. The molecule has 4 rings (SSSR count). The first-order valence-corrected chi connectivity index (χ1v) is 9.24. The molecule has 142 valence electrons. The number of ether oxygens (including phenoxy) is 1. The van der Waals surface area contributed by atoms with Crippen molar-refractivity contribution < 1.29 is 13.9 Å². The molecule has 2 aromatic carbocycles. The van der Waals surface area contributed by atoms with E-state index in [2.05, 4.69) is 10.2 Å². The predicted octanol–water partition coefficient (Wildman–Crippen LogP) is 4.69. The highest BCUT2D eigenvalue weighted by molar-refractivity contribution is 5.80. The SMILES string of the molecule is Cc1ccc(-c2nnc(C(C)OC(=O)CCn3ccc4ccccc43)o2)cc1. The predicted molar refractivity (Wildman–Crippen MR) is 106 cm³/mol. The van der Waals surface area contributed by atoms with E-state index in [1.807, 2.05) is 72.3 Å². The van der Waals surface area contributed by atoms with E-state index in [4.69, 9.17) is 9.15 Å². The van der Waals surface area contributed by atoms with Crippen molar-refractivity contribution in [2.45, 2.75) is 32.9 Å². The summed E-state index contributed by atoms with van der Waals surface area (Å²) in [6.07, 6.45) is 1.65. The highest BCUT2D eigenvalue weighted by Crippen LogP contribution is 2.23. The summed E-state index contributed by atoms with van der Waals surface area (Å²) in [5.41, 5.74) is 3.09. The first-order valence-electron chi connectivity index (χ1n) is 9.24. The molecule has 0 amide bonds. The monoisotopic (exact) mass is 375 g/mol. The Morgan fingerprint density at radius 3 is 2.71 bits per heavy atom. The molecule has 1 unspecified atom stereocenters. The molecule has 28 heavy (non-hydrogen) atoms. The summed E-state index contributed by atoms with van der Waals surface area (Å²) < 4.78 is 13.2. The lowest BCUT2D eigenvalue weighted by molar-refractivity contribution is -0.149. The third-order valence-electron chi connectivity index (χ3n) is 4.63. The zero-order valence-corrected chi connectivity index (χ0v) is 15.8. The molecule has 0 bridgehead atoms. The molecule has 0 aliphatic carbocycles. The van der Waals surface area contributed by atoms with E-state index in [0.717, 1.165) is 22.0 Å². The average molecular weight is 375 g/mol. The molecule has 6 heteroatoms. The molecule has 1 atom stereocenters. The maximum absolute atomic E-state index is 12.2. The fourth-order valence-corrected chi connectivity index (χ4v) is 3.07. The second-order valence-corrected chi connectivity index (χ2v) is 6.76. The number of para-hydroxylation sites is 1. The van der Waals surface area contributed by atoms with Crippen LogP contribution in [0, 0.1) is 6.92 Å². The molecular weight excluding hydrogens is 354 g/mol. The van der Waals surface area contributed by atoms with Gasteiger partial charge in [0.05, 0.1) is 6.42 Å². The van der Waals surface area contributed by atoms with Crippen LogP contribution in [0.3, 0.4) is 0 Å². The van der Waals surface area contributed by atoms with E-state index in [9.17, 15) is 4.79 Å². The van der Waals surface area contributed by atoms with Crippen LogP contribution in [0.2, 0.25) is 0 Å². The lowest BCUT2D eigenvalue weighted by Gasteiger charge is -2.10. The summed E-state index contributed by atoms with van der Waals surface area (Å²) in [5.74, 6) is 0.396. The maximum atomic E-state index is 12.2. The number of hydrogen-bond acceptors (Lipinski definition) is 5. The van der Waals surface area contributed by atoms with Gasteiger partial charge in [0.15, 0.2) is 6.10 Å². The summed E-state index contributed by atoms with van der Waals surface area (Å²) >= 11 is 0. The molecular formula is C22H21N3O3. The van der Waals surface area contributed by atoms with Gasteiger partial charge in [-0.3, -0.25) is 4.79 Å². The van der Waals surface area contributed by atoms with Crippen molar-refractivity contribution in [3.05, 3.63) is 72.2 Å². The van der Waals surface area contributed by atoms with Crippen LogP contribution in [0.5, 0.6) is 0 Å². The first kappa shape index (κ1) is 18.0. The molecule has 2 heterocycles. The van der Waals surface area contributed by atoms with E-state index in [1.54, 1.807) is 6.92 Å². The van der Waals surface area contributed by atoms with E-state index < -0.39 is 6.10 Å². The summed E-state index contributed by atoms with van der Waals surface area (Å²) in [7, 11) is 0. The second kappa shape index (κ2) is 7.68. The number of fused-ring (bicyclic) bond motifs is 1. The Hall–Kier alpha value is -3.41. The van der Waals surface area contributed by atoms with Crippen molar-refractivity contribution in [2.75, 3.05) is 0 Å². The largest absolute Gasteiger partial charge is 0.453 e. The number of rotatable bonds is 6. The van der Waals surface area contributed by atoms with E-state index >= 15 is 0 Å². The van der Waals surface area contributed by atoms with Gasteiger partial charge in [-0.1, -0.05) is 35.9 Å². The summed E-state index contributed by atoms with van der Waals surface area (Å²) in [6.45, 7) is 4.30. The molecule has 0 spiro atoms. The Labute approximate surface area is 162 Å². The number of carbonyl (C=O) groups is 1. The van der Waals surface area contributed by atoms with Crippen molar-refractivity contribution >= 4 is 16.9 Å². The van der Waals surface area contributed by atoms with Gasteiger partial charge < -0.3 is 13.7 Å². The van der Waals surface area contributed by atoms with E-state index in [0.29, 0.717) is 12.4 Å². The number of nitrogens with zero attached hydrogens (tertiary/aromatic N) is 3. The molecule has 6 nitrogen and oxygen atoms in total. The van der Waals surface area contributed by atoms with Gasteiger partial charge >= 0.3 is 5.97 Å². The van der Waals surface area contributed by atoms with Gasteiger partial charge in [0.2, 0.25) is 5.89 Å². The number of aryl methyl sites for hydroxylation is 2. The standard InChI is InChI=1S/C22H21N3O3/c1-15-7-9-18(10-8-15)22-24-23-21(28-22)16(2)27-20(26)12-14-25-13-11-17-5-3-4-6-19(17)25/h3-11,13,16H,12,14H2,1-2H3. The fourth-order valence-electron chi connectivity index (χ4n) is 3.07. The molecule has 2 aromatic heterocycles. The van der Waals surface area contributed by atoms with Gasteiger partial charge in [-0.2, -0.15) is 0 Å². The second-order valence-electron chi connectivity index (χ2n) is 6.76. The fraction of sp³-hybridized carbons (Fsp3) is 0.227. The zero-order valence-electron chi connectivity index (χ0n) is 15.8. The van der Waals surface area contributed by atoms with Crippen LogP contribution < -0.4 is 0 Å². The van der Waals surface area contributed by atoms with Crippen LogP contribution >= 0.6 is 0 Å². The Morgan fingerprint density at radius 2 is 1.89 bits per heavy atom. The van der Waals surface area contributed by atoms with Crippen LogP contribution in [0.15, 0.2) is 65.2 Å². The highest BCUT2D eigenvalue weighted by atomic mass is 16.6. The van der Waals surface area contributed by atoms with Crippen molar-refractivity contribution in [3.63, 3.8) is 0 Å². The Bertz CT molecular complexity index is 1100. The van der Waals surface area contributed by atoms with E-state index in [1.165, 1.54) is 0 Å². The molecule has 0 aliphatic rings. The van der Waals surface area contributed by atoms with E-state index in [-0.39, 0.29) is 18.3 Å². The van der Waals surface area contributed by atoms with Crippen molar-refractivity contribution in [3.8, 4) is 11.5 Å². The summed E-state index contributed by atoms with van der Waals surface area (Å²) in [5, 5.41) is 9.22. The smallest absolute Gasteiger partial charge is 0.308 e. The number of benzene rings is 2. The normalized spacial score (nSPS) is 12.2. The Balaban J connectivity index is 1.36. The quantitative estimate of drug-likeness (QED) is 0.457. The van der Waals surface area contributed by atoms with Crippen molar-refractivity contribution in [1.82, 2.24) is 14.8 Å². The van der Waals surface area contributed by atoms with Crippen LogP contribution in [-0.4, -0.2) is 20.7 Å². The minimum Gasteiger partial charge on any atom is -0.453 e. The van der Waals surface area contributed by atoms with Gasteiger partial charge in [-0.15, -0.1) is 10.2 Å². The van der Waals surface area contributed by atoms with Crippen LogP contribution in [0.4, 0.5) is 0 Å². The molecule has 0 saturated carbocycles. The lowest BCUT2D eigenvalue weighted by Crippen LogP contribution is -2.11. The van der Waals surface area contributed by atoms with Gasteiger partial charge in [-0.25, -0.2) is 0 Å². The Morgan fingerprint density at radius 1 is 1.11 bits per heavy atom. The van der Waals surface area contributed by atoms with Crippen LogP contribution in [-0.2, 0) is 16.1 Å². The summed E-state index contributed by atoms with van der Waals surface area (Å²) in [4.78, 5) is 12.2. The third kappa shape index (κ3) is 3.81. The molecule has 4 aromatic rings. The number of esters is 1. The molecule has 0 fully saturated rings. The number of carbonyl (C=O) groups excluding carboxylic acids is 1.